The van der Waals surface area contributed by atoms with Crippen LogP contribution in [0.3, 0.4) is 0 Å². The highest BCUT2D eigenvalue weighted by Crippen LogP contribution is 2.24. The zero-order valence-electron chi connectivity index (χ0n) is 13.2. The Morgan fingerprint density at radius 1 is 1.04 bits per heavy atom. The topological polar surface area (TPSA) is 66.4 Å². The molecular formula is C19H21NO3. The van der Waals surface area contributed by atoms with E-state index in [2.05, 4.69) is 12.2 Å². The maximum atomic E-state index is 12.3. The molecule has 0 heterocycles. The van der Waals surface area contributed by atoms with Crippen LogP contribution in [-0.4, -0.2) is 17.0 Å². The Hall–Kier alpha value is -2.62. The fourth-order valence-corrected chi connectivity index (χ4v) is 2.61. The number of hydrogen-bond donors (Lipinski definition) is 2. The molecule has 2 rings (SSSR count). The number of anilines is 1. The van der Waals surface area contributed by atoms with Crippen molar-refractivity contribution < 1.29 is 14.7 Å². The molecule has 0 spiro atoms. The quantitative estimate of drug-likeness (QED) is 0.816. The molecule has 4 heteroatoms. The number of para-hydroxylation sites is 1. The van der Waals surface area contributed by atoms with Gasteiger partial charge in [-0.25, -0.2) is 0 Å². The van der Waals surface area contributed by atoms with Gasteiger partial charge in [-0.05, 0) is 29.5 Å². The Morgan fingerprint density at radius 3 is 2.35 bits per heavy atom. The van der Waals surface area contributed by atoms with Crippen LogP contribution in [-0.2, 0) is 16.0 Å². The number of aliphatic carboxylic acids is 1. The van der Waals surface area contributed by atoms with Gasteiger partial charge in [0.05, 0.1) is 6.42 Å². The second-order valence-electron chi connectivity index (χ2n) is 5.50. The van der Waals surface area contributed by atoms with Gasteiger partial charge in [0.15, 0.2) is 0 Å². The Balaban J connectivity index is 2.06. The molecule has 0 saturated carbocycles. The van der Waals surface area contributed by atoms with Gasteiger partial charge in [-0.2, -0.15) is 0 Å². The Kier molecular flexibility index (Phi) is 5.92. The van der Waals surface area contributed by atoms with Crippen LogP contribution < -0.4 is 5.32 Å². The molecule has 0 aliphatic heterocycles. The van der Waals surface area contributed by atoms with E-state index in [9.17, 15) is 9.59 Å². The Bertz CT molecular complexity index is 667. The highest BCUT2D eigenvalue weighted by atomic mass is 16.4. The molecule has 1 amide bonds. The Morgan fingerprint density at radius 2 is 1.70 bits per heavy atom. The smallest absolute Gasteiger partial charge is 0.307 e. The average molecular weight is 311 g/mol. The summed E-state index contributed by atoms with van der Waals surface area (Å²) in [5.41, 5.74) is 2.33. The van der Waals surface area contributed by atoms with Crippen molar-refractivity contribution >= 4 is 17.6 Å². The van der Waals surface area contributed by atoms with Crippen LogP contribution in [0, 0.1) is 0 Å². The minimum atomic E-state index is -0.914. The van der Waals surface area contributed by atoms with Crippen molar-refractivity contribution in [2.75, 3.05) is 5.32 Å². The molecule has 0 saturated heterocycles. The van der Waals surface area contributed by atoms with E-state index in [1.165, 1.54) is 0 Å². The highest BCUT2D eigenvalue weighted by Gasteiger charge is 2.15. The third-order valence-electron chi connectivity index (χ3n) is 3.83. The fraction of sp³-hybridized carbons (Fsp3) is 0.263. The molecule has 4 nitrogen and oxygen atoms in total. The van der Waals surface area contributed by atoms with Crippen LogP contribution in [0.2, 0.25) is 0 Å². The van der Waals surface area contributed by atoms with Gasteiger partial charge in [-0.15, -0.1) is 0 Å². The molecule has 0 aromatic heterocycles. The fourth-order valence-electron chi connectivity index (χ4n) is 2.61. The van der Waals surface area contributed by atoms with E-state index < -0.39 is 5.97 Å². The van der Waals surface area contributed by atoms with Crippen molar-refractivity contribution in [3.05, 3.63) is 65.7 Å². The lowest BCUT2D eigenvalue weighted by atomic mass is 9.93. The predicted molar refractivity (Wildman–Crippen MR) is 90.5 cm³/mol. The summed E-state index contributed by atoms with van der Waals surface area (Å²) in [6, 6.07) is 17.0. The molecule has 1 unspecified atom stereocenters. The number of carboxylic acid groups (broad SMARTS) is 1. The molecule has 23 heavy (non-hydrogen) atoms. The molecule has 2 aromatic carbocycles. The maximum Gasteiger partial charge on any atom is 0.307 e. The van der Waals surface area contributed by atoms with Gasteiger partial charge < -0.3 is 10.4 Å². The number of carbonyl (C=O) groups is 2. The van der Waals surface area contributed by atoms with Crippen molar-refractivity contribution in [2.24, 2.45) is 0 Å². The first-order chi connectivity index (χ1) is 11.1. The first-order valence-electron chi connectivity index (χ1n) is 7.74. The largest absolute Gasteiger partial charge is 0.481 e. The summed E-state index contributed by atoms with van der Waals surface area (Å²) in [5, 5.41) is 11.8. The van der Waals surface area contributed by atoms with Crippen molar-refractivity contribution in [3.8, 4) is 0 Å². The number of rotatable bonds is 7. The molecule has 120 valence electrons. The lowest BCUT2D eigenvalue weighted by Crippen LogP contribution is -2.17. The zero-order chi connectivity index (χ0) is 16.7. The van der Waals surface area contributed by atoms with E-state index in [0.29, 0.717) is 17.7 Å². The van der Waals surface area contributed by atoms with Crippen molar-refractivity contribution in [2.45, 2.75) is 32.1 Å². The number of benzene rings is 2. The van der Waals surface area contributed by atoms with Crippen LogP contribution in [0.15, 0.2) is 54.6 Å². The molecule has 0 aliphatic carbocycles. The first kappa shape index (κ1) is 16.7. The van der Waals surface area contributed by atoms with Crippen molar-refractivity contribution in [1.82, 2.24) is 0 Å². The molecule has 2 N–H and O–H groups in total. The number of carbonyl (C=O) groups excluding carboxylic acids is 1. The predicted octanol–water partition coefficient (Wildman–Crippen LogP) is 3.84. The van der Waals surface area contributed by atoms with Crippen LogP contribution in [0.1, 0.15) is 36.8 Å². The van der Waals surface area contributed by atoms with Crippen LogP contribution in [0.4, 0.5) is 5.69 Å². The third kappa shape index (κ3) is 4.95. The summed E-state index contributed by atoms with van der Waals surface area (Å²) >= 11 is 0. The van der Waals surface area contributed by atoms with Crippen molar-refractivity contribution in [1.29, 1.82) is 0 Å². The van der Waals surface area contributed by atoms with E-state index in [1.807, 2.05) is 30.3 Å². The molecular weight excluding hydrogens is 290 g/mol. The van der Waals surface area contributed by atoms with Crippen molar-refractivity contribution in [3.63, 3.8) is 0 Å². The second-order valence-corrected chi connectivity index (χ2v) is 5.50. The van der Waals surface area contributed by atoms with Gasteiger partial charge in [-0.1, -0.05) is 55.5 Å². The summed E-state index contributed by atoms with van der Waals surface area (Å²) in [4.78, 5) is 23.2. The van der Waals surface area contributed by atoms with E-state index >= 15 is 0 Å². The first-order valence-corrected chi connectivity index (χ1v) is 7.74. The minimum absolute atomic E-state index is 0.0986. The second kappa shape index (κ2) is 8.13. The Labute approximate surface area is 136 Å². The minimum Gasteiger partial charge on any atom is -0.481 e. The normalized spacial score (nSPS) is 11.7. The number of hydrogen-bond acceptors (Lipinski definition) is 2. The molecule has 1 atom stereocenters. The lowest BCUT2D eigenvalue weighted by molar-refractivity contribution is -0.136. The van der Waals surface area contributed by atoms with Crippen LogP contribution in [0.25, 0.3) is 0 Å². The standard InChI is InChI=1S/C19H21NO3/c1-2-14(15-8-4-3-5-9-15)12-18(21)20-17-11-7-6-10-16(17)13-19(22)23/h3-11,14H,2,12-13H2,1H3,(H,20,21)(H,22,23). The third-order valence-corrected chi connectivity index (χ3v) is 3.83. The summed E-state index contributed by atoms with van der Waals surface area (Å²) in [6.07, 6.45) is 1.14. The van der Waals surface area contributed by atoms with E-state index in [-0.39, 0.29) is 18.2 Å². The van der Waals surface area contributed by atoms with Crippen LogP contribution in [0.5, 0.6) is 0 Å². The molecule has 2 aromatic rings. The van der Waals surface area contributed by atoms with E-state index in [1.54, 1.807) is 24.3 Å². The van der Waals surface area contributed by atoms with Gasteiger partial charge in [0.2, 0.25) is 5.91 Å². The zero-order valence-corrected chi connectivity index (χ0v) is 13.2. The molecule has 0 radical (unpaired) electrons. The van der Waals surface area contributed by atoms with E-state index in [0.717, 1.165) is 12.0 Å². The van der Waals surface area contributed by atoms with Crippen LogP contribution >= 0.6 is 0 Å². The van der Waals surface area contributed by atoms with Gasteiger partial charge in [0, 0.05) is 12.1 Å². The monoisotopic (exact) mass is 311 g/mol. The van der Waals surface area contributed by atoms with Gasteiger partial charge in [0.1, 0.15) is 0 Å². The molecule has 0 fully saturated rings. The highest BCUT2D eigenvalue weighted by molar-refractivity contribution is 5.92. The summed E-state index contributed by atoms with van der Waals surface area (Å²) in [5.74, 6) is -0.858. The molecule has 0 aliphatic rings. The van der Waals surface area contributed by atoms with Gasteiger partial charge in [-0.3, -0.25) is 9.59 Å². The average Bonchev–Trinajstić information content (AvgIpc) is 2.55. The number of nitrogens with one attached hydrogen (secondary N) is 1. The van der Waals surface area contributed by atoms with E-state index in [4.69, 9.17) is 5.11 Å². The SMILES string of the molecule is CCC(CC(=O)Nc1ccccc1CC(=O)O)c1ccccc1. The lowest BCUT2D eigenvalue weighted by Gasteiger charge is -2.16. The summed E-state index contributed by atoms with van der Waals surface area (Å²) in [7, 11) is 0. The maximum absolute atomic E-state index is 12.3. The van der Waals surface area contributed by atoms with Gasteiger partial charge in [0.25, 0.3) is 0 Å². The number of amides is 1. The summed E-state index contributed by atoms with van der Waals surface area (Å²) in [6.45, 7) is 2.06. The summed E-state index contributed by atoms with van der Waals surface area (Å²) < 4.78 is 0. The molecule has 0 bridgehead atoms. The van der Waals surface area contributed by atoms with Gasteiger partial charge >= 0.3 is 5.97 Å². The number of carboxylic acids is 1.